The molecule has 182 valence electrons. The summed E-state index contributed by atoms with van der Waals surface area (Å²) in [5, 5.41) is 6.47. The number of rotatable bonds is 9. The van der Waals surface area contributed by atoms with Crippen LogP contribution in [0.15, 0.2) is 70.0 Å². The van der Waals surface area contributed by atoms with Crippen LogP contribution in [-0.4, -0.2) is 38.3 Å². The molecule has 0 amide bonds. The summed E-state index contributed by atoms with van der Waals surface area (Å²) in [6, 6.07) is 5.60. The third-order valence-electron chi connectivity index (χ3n) is 5.08. The first-order valence-electron chi connectivity index (χ1n) is 10.4. The van der Waals surface area contributed by atoms with Crippen molar-refractivity contribution in [3.8, 4) is 5.75 Å². The van der Waals surface area contributed by atoms with Gasteiger partial charge in [0.15, 0.2) is 0 Å². The number of ether oxygens (including phenoxy) is 1. The van der Waals surface area contributed by atoms with Crippen LogP contribution in [0.25, 0.3) is 10.4 Å². The van der Waals surface area contributed by atoms with Gasteiger partial charge in [0.05, 0.1) is 24.9 Å². The zero-order valence-electron chi connectivity index (χ0n) is 18.4. The molecule has 0 aromatic carbocycles. The number of nitrogens with one attached hydrogen (secondary N) is 2. The van der Waals surface area contributed by atoms with Gasteiger partial charge >= 0.3 is 13.4 Å². The normalized spacial score (nSPS) is 21.0. The molecule has 0 saturated carbocycles. The Morgan fingerprint density at radius 3 is 2.83 bits per heavy atom. The lowest BCUT2D eigenvalue weighted by Gasteiger charge is -2.23. The van der Waals surface area contributed by atoms with Crippen LogP contribution in [0.3, 0.4) is 0 Å². The van der Waals surface area contributed by atoms with Crippen LogP contribution in [0.2, 0.25) is 0 Å². The third-order valence-corrected chi connectivity index (χ3v) is 6.55. The van der Waals surface area contributed by atoms with Crippen molar-refractivity contribution in [3.63, 3.8) is 0 Å². The van der Waals surface area contributed by atoms with Gasteiger partial charge in [-0.1, -0.05) is 5.11 Å². The molecule has 4 rings (SSSR count). The molecule has 1 unspecified atom stereocenters. The van der Waals surface area contributed by atoms with Crippen LogP contribution in [0.5, 0.6) is 5.75 Å². The summed E-state index contributed by atoms with van der Waals surface area (Å²) in [5.41, 5.74) is 8.56. The molecule has 35 heavy (non-hydrogen) atoms. The fraction of sp³-hybridized carbons (Fsp3) is 0.300. The number of hydrogen-bond donors (Lipinski definition) is 2. The van der Waals surface area contributed by atoms with Gasteiger partial charge in [-0.05, 0) is 36.7 Å². The minimum Gasteiger partial charge on any atom is -0.407 e. The van der Waals surface area contributed by atoms with E-state index in [0.717, 1.165) is 0 Å². The summed E-state index contributed by atoms with van der Waals surface area (Å²) in [6.07, 6.45) is 5.71. The molecule has 0 spiro atoms. The van der Waals surface area contributed by atoms with Crippen LogP contribution in [0.1, 0.15) is 18.2 Å². The molecule has 0 radical (unpaired) electrons. The minimum absolute atomic E-state index is 0.134. The third kappa shape index (κ3) is 5.94. The van der Waals surface area contributed by atoms with E-state index in [4.69, 9.17) is 19.3 Å². The van der Waals surface area contributed by atoms with Crippen LogP contribution in [-0.2, 0) is 13.8 Å². The van der Waals surface area contributed by atoms with Crippen LogP contribution in [0.4, 0.5) is 5.69 Å². The molecule has 1 fully saturated rings. The monoisotopic (exact) mass is 500 g/mol. The number of anilines is 1. The Bertz CT molecular complexity index is 1330. The van der Waals surface area contributed by atoms with E-state index < -0.39 is 37.4 Å². The Labute approximate surface area is 198 Å². The summed E-state index contributed by atoms with van der Waals surface area (Å²) >= 11 is 0. The largest absolute Gasteiger partial charge is 0.486 e. The van der Waals surface area contributed by atoms with E-state index in [2.05, 4.69) is 30.1 Å². The molecule has 14 nitrogen and oxygen atoms in total. The van der Waals surface area contributed by atoms with Gasteiger partial charge < -0.3 is 9.26 Å². The molecule has 1 aliphatic heterocycles. The topological polar surface area (TPSA) is 186 Å². The number of aryl methyl sites for hydroxylation is 1. The Balaban J connectivity index is 1.55. The number of aromatic amines is 1. The van der Waals surface area contributed by atoms with Crippen LogP contribution in [0, 0.1) is 6.92 Å². The molecule has 4 heterocycles. The van der Waals surface area contributed by atoms with Crippen molar-refractivity contribution in [2.75, 3.05) is 11.7 Å². The SMILES string of the molecule is Cc1cn([C@H]2C[C@H](N=[N+]=[N-])[C@@H](COP(=O)(Nc3ccncc3)Oc3cccnc3)O2)c(=O)[nH]c1=O. The lowest BCUT2D eigenvalue weighted by Crippen LogP contribution is -2.33. The number of azide groups is 1. The fourth-order valence-electron chi connectivity index (χ4n) is 3.40. The molecule has 3 aromatic heterocycles. The van der Waals surface area contributed by atoms with Crippen molar-refractivity contribution in [2.24, 2.45) is 5.11 Å². The molecule has 1 aliphatic rings. The Morgan fingerprint density at radius 1 is 1.31 bits per heavy atom. The predicted octanol–water partition coefficient (Wildman–Crippen LogP) is 2.92. The summed E-state index contributed by atoms with van der Waals surface area (Å²) in [5.74, 6) is 0.199. The van der Waals surface area contributed by atoms with Crippen molar-refractivity contribution < 1.29 is 18.3 Å². The molecule has 0 bridgehead atoms. The summed E-state index contributed by atoms with van der Waals surface area (Å²) in [6.45, 7) is 1.25. The zero-order chi connectivity index (χ0) is 24.8. The van der Waals surface area contributed by atoms with E-state index in [0.29, 0.717) is 11.3 Å². The minimum atomic E-state index is -4.03. The average Bonchev–Trinajstić information content (AvgIpc) is 3.24. The van der Waals surface area contributed by atoms with Crippen LogP contribution < -0.4 is 20.9 Å². The lowest BCUT2D eigenvalue weighted by atomic mass is 10.1. The highest BCUT2D eigenvalue weighted by Crippen LogP contribution is 2.48. The second-order valence-corrected chi connectivity index (χ2v) is 9.20. The highest BCUT2D eigenvalue weighted by atomic mass is 31.2. The quantitative estimate of drug-likeness (QED) is 0.193. The maximum atomic E-state index is 13.6. The van der Waals surface area contributed by atoms with Crippen molar-refractivity contribution >= 4 is 13.4 Å². The number of hydrogen-bond acceptors (Lipinski definition) is 9. The number of nitrogens with zero attached hydrogens (tertiary/aromatic N) is 6. The van der Waals surface area contributed by atoms with Gasteiger partial charge in [0.25, 0.3) is 5.56 Å². The smallest absolute Gasteiger partial charge is 0.407 e. The second kappa shape index (κ2) is 10.5. The van der Waals surface area contributed by atoms with E-state index in [9.17, 15) is 14.2 Å². The molecule has 4 atom stereocenters. The molecular formula is C20H21N8O6P. The first-order valence-corrected chi connectivity index (χ1v) is 12.0. The Kier molecular flexibility index (Phi) is 7.28. The van der Waals surface area contributed by atoms with Crippen molar-refractivity contribution in [2.45, 2.75) is 31.7 Å². The zero-order valence-corrected chi connectivity index (χ0v) is 19.3. The van der Waals surface area contributed by atoms with E-state index in [-0.39, 0.29) is 18.8 Å². The molecule has 3 aromatic rings. The molecule has 0 aliphatic carbocycles. The molecule has 2 N–H and O–H groups in total. The first kappa shape index (κ1) is 24.2. The fourth-order valence-corrected chi connectivity index (χ4v) is 4.76. The second-order valence-electron chi connectivity index (χ2n) is 7.54. The Hall–Kier alpha value is -3.96. The maximum absolute atomic E-state index is 13.6. The van der Waals surface area contributed by atoms with Crippen molar-refractivity contribution in [1.29, 1.82) is 0 Å². The van der Waals surface area contributed by atoms with Gasteiger partial charge in [-0.3, -0.25) is 33.9 Å². The van der Waals surface area contributed by atoms with E-state index >= 15 is 0 Å². The van der Waals surface area contributed by atoms with Gasteiger partial charge in [0.2, 0.25) is 0 Å². The van der Waals surface area contributed by atoms with Gasteiger partial charge in [0, 0.05) is 47.4 Å². The number of aromatic nitrogens is 4. The Morgan fingerprint density at radius 2 is 2.11 bits per heavy atom. The average molecular weight is 500 g/mol. The standard InChI is InChI=1S/C20H21N8O6P/c1-13-11-28(20(30)24-19(13)29)18-9-16(25-27-21)17(33-18)12-32-35(31,26-14-4-7-22-8-5-14)34-15-3-2-6-23-10-15/h2-8,10-11,16-18H,9,12H2,1H3,(H,22,26,31)(H,24,29,30)/t16-,17+,18+,35?/m0/s1. The van der Waals surface area contributed by atoms with E-state index in [1.54, 1.807) is 31.2 Å². The number of pyridine rings is 2. The van der Waals surface area contributed by atoms with Crippen molar-refractivity contribution in [1.82, 2.24) is 19.5 Å². The number of H-pyrrole nitrogens is 1. The van der Waals surface area contributed by atoms with E-state index in [1.165, 1.54) is 35.6 Å². The molecular weight excluding hydrogens is 479 g/mol. The lowest BCUT2D eigenvalue weighted by molar-refractivity contribution is -0.0234. The van der Waals surface area contributed by atoms with Crippen molar-refractivity contribution in [3.05, 3.63) is 92.1 Å². The van der Waals surface area contributed by atoms with E-state index in [1.807, 2.05) is 0 Å². The molecule has 1 saturated heterocycles. The van der Waals surface area contributed by atoms with Gasteiger partial charge in [-0.25, -0.2) is 9.36 Å². The van der Waals surface area contributed by atoms with Gasteiger partial charge in [-0.15, -0.1) is 0 Å². The van der Waals surface area contributed by atoms with Crippen LogP contribution >= 0.6 is 7.75 Å². The summed E-state index contributed by atoms with van der Waals surface area (Å²) in [4.78, 5) is 36.9. The highest BCUT2D eigenvalue weighted by Gasteiger charge is 2.39. The highest BCUT2D eigenvalue weighted by molar-refractivity contribution is 7.55. The van der Waals surface area contributed by atoms with Gasteiger partial charge in [-0.2, -0.15) is 0 Å². The predicted molar refractivity (Wildman–Crippen MR) is 124 cm³/mol. The summed E-state index contributed by atoms with van der Waals surface area (Å²) in [7, 11) is -4.03. The van der Waals surface area contributed by atoms with Gasteiger partial charge in [0.1, 0.15) is 12.0 Å². The molecule has 15 heteroatoms. The maximum Gasteiger partial charge on any atom is 0.486 e. The summed E-state index contributed by atoms with van der Waals surface area (Å²) < 4.78 is 32.0. The first-order chi connectivity index (χ1) is 16.9.